The quantitative estimate of drug-likeness (QED) is 0.827. The minimum absolute atomic E-state index is 0.0901. The molecule has 1 heterocycles. The predicted octanol–water partition coefficient (Wildman–Crippen LogP) is 1.05. The van der Waals surface area contributed by atoms with Gasteiger partial charge in [-0.05, 0) is 7.05 Å². The van der Waals surface area contributed by atoms with Crippen molar-refractivity contribution in [1.29, 1.82) is 0 Å². The number of hydrogen-bond acceptors (Lipinski definition) is 4. The summed E-state index contributed by atoms with van der Waals surface area (Å²) in [6.07, 6.45) is -1.52. The Hall–Kier alpha value is -1.37. The van der Waals surface area contributed by atoms with Crippen LogP contribution in [0, 0.1) is 0 Å². The summed E-state index contributed by atoms with van der Waals surface area (Å²) in [6.45, 7) is -0.883. The van der Waals surface area contributed by atoms with Gasteiger partial charge < -0.3 is 5.73 Å². The molecule has 0 atom stereocenters. The molecule has 0 fully saturated rings. The average Bonchev–Trinajstić information content (AvgIpc) is 2.05. The van der Waals surface area contributed by atoms with Crippen LogP contribution in [0.1, 0.15) is 5.69 Å². The van der Waals surface area contributed by atoms with Crippen LogP contribution < -0.4 is 5.73 Å². The number of anilines is 1. The van der Waals surface area contributed by atoms with Gasteiger partial charge in [-0.25, -0.2) is 4.98 Å². The Morgan fingerprint density at radius 2 is 2.00 bits per heavy atom. The summed E-state index contributed by atoms with van der Waals surface area (Å²) < 4.78 is 35.9. The van der Waals surface area contributed by atoms with E-state index in [0.29, 0.717) is 5.69 Å². The Labute approximate surface area is 84.9 Å². The number of nitrogens with two attached hydrogens (primary N) is 1. The molecule has 0 spiro atoms. The third kappa shape index (κ3) is 4.59. The molecule has 0 unspecified atom stereocenters. The molecule has 1 rings (SSSR count). The fourth-order valence-corrected chi connectivity index (χ4v) is 1.08. The van der Waals surface area contributed by atoms with Crippen LogP contribution in [-0.2, 0) is 6.54 Å². The van der Waals surface area contributed by atoms with Crippen LogP contribution >= 0.6 is 0 Å². The van der Waals surface area contributed by atoms with Gasteiger partial charge in [0.05, 0.1) is 24.6 Å². The molecule has 2 N–H and O–H groups in total. The molecule has 84 valence electrons. The summed E-state index contributed by atoms with van der Waals surface area (Å²) in [6, 6.07) is 0. The number of aromatic nitrogens is 2. The number of nitrogen functional groups attached to an aromatic ring is 1. The summed E-state index contributed by atoms with van der Waals surface area (Å²) in [7, 11) is 1.37. The minimum Gasteiger partial charge on any atom is -0.382 e. The Morgan fingerprint density at radius 3 is 2.47 bits per heavy atom. The molecule has 0 aliphatic rings. The van der Waals surface area contributed by atoms with Crippen LogP contribution in [0.2, 0.25) is 0 Å². The summed E-state index contributed by atoms with van der Waals surface area (Å²) in [5, 5.41) is 0. The summed E-state index contributed by atoms with van der Waals surface area (Å²) in [5.41, 5.74) is 5.75. The van der Waals surface area contributed by atoms with Gasteiger partial charge in [0.2, 0.25) is 0 Å². The van der Waals surface area contributed by atoms with Gasteiger partial charge in [0.1, 0.15) is 5.82 Å². The zero-order valence-electron chi connectivity index (χ0n) is 8.12. The van der Waals surface area contributed by atoms with Gasteiger partial charge in [0.25, 0.3) is 0 Å². The van der Waals surface area contributed by atoms with Crippen LogP contribution in [0.4, 0.5) is 19.0 Å². The Bertz CT molecular complexity index is 309. The van der Waals surface area contributed by atoms with E-state index >= 15 is 0 Å². The summed E-state index contributed by atoms with van der Waals surface area (Å²) in [5.74, 6) is 0.247. The monoisotopic (exact) mass is 220 g/mol. The lowest BCUT2D eigenvalue weighted by Crippen LogP contribution is -2.30. The zero-order chi connectivity index (χ0) is 11.5. The van der Waals surface area contributed by atoms with Gasteiger partial charge in [0, 0.05) is 6.54 Å². The van der Waals surface area contributed by atoms with Gasteiger partial charge in [-0.1, -0.05) is 0 Å². The second-order valence-corrected chi connectivity index (χ2v) is 3.22. The third-order valence-corrected chi connectivity index (χ3v) is 1.61. The number of alkyl halides is 3. The molecule has 0 aliphatic carbocycles. The molecular weight excluding hydrogens is 209 g/mol. The Morgan fingerprint density at radius 1 is 1.33 bits per heavy atom. The third-order valence-electron chi connectivity index (χ3n) is 1.61. The van der Waals surface area contributed by atoms with Crippen LogP contribution in [-0.4, -0.2) is 34.6 Å². The number of nitrogens with zero attached hydrogens (tertiary/aromatic N) is 3. The SMILES string of the molecule is CN(Cc1cnc(N)cn1)CC(F)(F)F. The van der Waals surface area contributed by atoms with Crippen LogP contribution in [0.25, 0.3) is 0 Å². The molecule has 0 saturated heterocycles. The predicted molar refractivity (Wildman–Crippen MR) is 48.8 cm³/mol. The molecule has 0 aromatic carbocycles. The topological polar surface area (TPSA) is 55.0 Å². The molecule has 7 heteroatoms. The van der Waals surface area contributed by atoms with Gasteiger partial charge in [-0.2, -0.15) is 13.2 Å². The van der Waals surface area contributed by atoms with E-state index in [2.05, 4.69) is 9.97 Å². The van der Waals surface area contributed by atoms with Crippen molar-refractivity contribution in [2.24, 2.45) is 0 Å². The van der Waals surface area contributed by atoms with E-state index in [1.165, 1.54) is 19.4 Å². The van der Waals surface area contributed by atoms with Crippen molar-refractivity contribution in [3.63, 3.8) is 0 Å². The molecule has 0 aliphatic heterocycles. The lowest BCUT2D eigenvalue weighted by Gasteiger charge is -2.17. The highest BCUT2D eigenvalue weighted by Gasteiger charge is 2.29. The number of hydrogen-bond donors (Lipinski definition) is 1. The van der Waals surface area contributed by atoms with E-state index < -0.39 is 12.7 Å². The molecule has 1 aromatic rings. The van der Waals surface area contributed by atoms with E-state index in [9.17, 15) is 13.2 Å². The second-order valence-electron chi connectivity index (χ2n) is 3.22. The van der Waals surface area contributed by atoms with Crippen LogP contribution in [0.15, 0.2) is 12.4 Å². The smallest absolute Gasteiger partial charge is 0.382 e. The number of rotatable bonds is 3. The standard InChI is InChI=1S/C8H11F3N4/c1-15(5-8(9,10)11)4-6-2-14-7(12)3-13-6/h2-3H,4-5H2,1H3,(H2,12,14). The maximum Gasteiger partial charge on any atom is 0.401 e. The lowest BCUT2D eigenvalue weighted by molar-refractivity contribution is -0.144. The average molecular weight is 220 g/mol. The maximum atomic E-state index is 12.0. The van der Waals surface area contributed by atoms with Crippen LogP contribution in [0.5, 0.6) is 0 Å². The molecule has 15 heavy (non-hydrogen) atoms. The molecule has 0 saturated carbocycles. The van der Waals surface area contributed by atoms with Crippen molar-refractivity contribution in [2.75, 3.05) is 19.3 Å². The van der Waals surface area contributed by atoms with Gasteiger partial charge in [-0.15, -0.1) is 0 Å². The van der Waals surface area contributed by atoms with Crippen molar-refractivity contribution in [1.82, 2.24) is 14.9 Å². The van der Waals surface area contributed by atoms with Gasteiger partial charge in [0.15, 0.2) is 0 Å². The second kappa shape index (κ2) is 4.43. The lowest BCUT2D eigenvalue weighted by atomic mass is 10.4. The highest BCUT2D eigenvalue weighted by molar-refractivity contribution is 5.22. The molecule has 4 nitrogen and oxygen atoms in total. The van der Waals surface area contributed by atoms with E-state index in [0.717, 1.165) is 4.90 Å². The first kappa shape index (κ1) is 11.7. The maximum absolute atomic E-state index is 12.0. The summed E-state index contributed by atoms with van der Waals surface area (Å²) in [4.78, 5) is 8.70. The van der Waals surface area contributed by atoms with Crippen molar-refractivity contribution in [2.45, 2.75) is 12.7 Å². The van der Waals surface area contributed by atoms with Crippen molar-refractivity contribution >= 4 is 5.82 Å². The normalized spacial score (nSPS) is 12.1. The summed E-state index contributed by atoms with van der Waals surface area (Å²) >= 11 is 0. The van der Waals surface area contributed by atoms with E-state index in [1.807, 2.05) is 0 Å². The first-order valence-corrected chi connectivity index (χ1v) is 4.18. The fourth-order valence-electron chi connectivity index (χ4n) is 1.08. The van der Waals surface area contributed by atoms with Crippen molar-refractivity contribution < 1.29 is 13.2 Å². The van der Waals surface area contributed by atoms with Gasteiger partial charge >= 0.3 is 6.18 Å². The van der Waals surface area contributed by atoms with Gasteiger partial charge in [-0.3, -0.25) is 9.88 Å². The Kier molecular flexibility index (Phi) is 3.46. The molecule has 0 bridgehead atoms. The van der Waals surface area contributed by atoms with Crippen molar-refractivity contribution in [3.8, 4) is 0 Å². The first-order chi connectivity index (χ1) is 6.87. The Balaban J connectivity index is 2.51. The zero-order valence-corrected chi connectivity index (χ0v) is 8.12. The molecular formula is C8H11F3N4. The first-order valence-electron chi connectivity index (χ1n) is 4.18. The highest BCUT2D eigenvalue weighted by Crippen LogP contribution is 2.16. The molecule has 0 amide bonds. The highest BCUT2D eigenvalue weighted by atomic mass is 19.4. The van der Waals surface area contributed by atoms with E-state index in [-0.39, 0.29) is 12.4 Å². The number of halogens is 3. The van der Waals surface area contributed by atoms with E-state index in [1.54, 1.807) is 0 Å². The fraction of sp³-hybridized carbons (Fsp3) is 0.500. The minimum atomic E-state index is -4.20. The largest absolute Gasteiger partial charge is 0.401 e. The molecule has 1 aromatic heterocycles. The van der Waals surface area contributed by atoms with E-state index in [4.69, 9.17) is 5.73 Å². The molecule has 0 radical (unpaired) electrons. The van der Waals surface area contributed by atoms with Crippen molar-refractivity contribution in [3.05, 3.63) is 18.1 Å². The van der Waals surface area contributed by atoms with Crippen LogP contribution in [0.3, 0.4) is 0 Å².